The van der Waals surface area contributed by atoms with E-state index in [-0.39, 0.29) is 26.4 Å². The second-order valence-electron chi connectivity index (χ2n) is 22.0. The van der Waals surface area contributed by atoms with Crippen molar-refractivity contribution in [2.45, 2.75) is 12.3 Å². The van der Waals surface area contributed by atoms with Gasteiger partial charge in [-0.15, -0.1) is 0 Å². The Labute approximate surface area is 489 Å². The van der Waals surface area contributed by atoms with Gasteiger partial charge in [0.1, 0.15) is 24.7 Å². The minimum atomic E-state index is -0.879. The lowest BCUT2D eigenvalue weighted by Gasteiger charge is -2.35. The Kier molecular flexibility index (Phi) is 13.8. The number of ether oxygens (including phenoxy) is 2. The normalized spacial score (nSPS) is 11.7. The first kappa shape index (κ1) is 52.0. The van der Waals surface area contributed by atoms with Crippen molar-refractivity contribution in [3.8, 4) is 78.3 Å². The Morgan fingerprint density at radius 2 is 0.571 bits per heavy atom. The van der Waals surface area contributed by atoms with Crippen LogP contribution in [0.3, 0.4) is 0 Å². The molecule has 0 fully saturated rings. The van der Waals surface area contributed by atoms with E-state index in [2.05, 4.69) is 292 Å². The predicted octanol–water partition coefficient (Wildman–Crippen LogP) is 19.6. The SMILES string of the molecule is CC(c1ccc(-c2ccc(-c3cccc4ccccc34)cc2)cc1)(c1cc(-c2ccc3ccccc3c2)c(OCCO)c(-c2ccc3ccccc3c2)c1)c1cc(-c2ccc3ccccc3c2)c(OCCO)c(-c2ccc3ccccc3c2)c1. The van der Waals surface area contributed by atoms with E-state index in [1.807, 2.05) is 0 Å². The van der Waals surface area contributed by atoms with Crippen LogP contribution < -0.4 is 9.47 Å². The summed E-state index contributed by atoms with van der Waals surface area (Å²) in [5, 5.41) is 32.5. The van der Waals surface area contributed by atoms with Crippen LogP contribution in [0.5, 0.6) is 11.5 Å². The van der Waals surface area contributed by atoms with Crippen molar-refractivity contribution in [2.75, 3.05) is 26.4 Å². The Morgan fingerprint density at radius 3 is 0.952 bits per heavy atom. The van der Waals surface area contributed by atoms with Crippen molar-refractivity contribution in [3.05, 3.63) is 302 Å². The Bertz CT molecular complexity index is 4340. The van der Waals surface area contributed by atoms with Gasteiger partial charge in [0.2, 0.25) is 0 Å². The van der Waals surface area contributed by atoms with Crippen LogP contribution in [0.4, 0.5) is 0 Å². The van der Waals surface area contributed by atoms with Crippen LogP contribution in [0, 0.1) is 0 Å². The van der Waals surface area contributed by atoms with Gasteiger partial charge in [-0.25, -0.2) is 0 Å². The molecule has 14 rings (SSSR count). The van der Waals surface area contributed by atoms with E-state index in [9.17, 15) is 10.2 Å². The van der Waals surface area contributed by atoms with Crippen molar-refractivity contribution in [2.24, 2.45) is 0 Å². The molecule has 0 bridgehead atoms. The quantitative estimate of drug-likeness (QED) is 0.100. The molecule has 0 saturated carbocycles. The summed E-state index contributed by atoms with van der Waals surface area (Å²) in [5.41, 5.74) is 14.5. The zero-order chi connectivity index (χ0) is 56.6. The fourth-order valence-corrected chi connectivity index (χ4v) is 12.5. The fourth-order valence-electron chi connectivity index (χ4n) is 12.5. The molecule has 404 valence electrons. The Morgan fingerprint density at radius 1 is 0.262 bits per heavy atom. The second-order valence-corrected chi connectivity index (χ2v) is 22.0. The first-order valence-corrected chi connectivity index (χ1v) is 28.9. The number of hydrogen-bond acceptors (Lipinski definition) is 4. The molecule has 14 aromatic rings. The molecule has 0 spiro atoms. The molecule has 0 amide bonds. The van der Waals surface area contributed by atoms with E-state index in [1.54, 1.807) is 0 Å². The van der Waals surface area contributed by atoms with Gasteiger partial charge in [-0.1, -0.05) is 237 Å². The van der Waals surface area contributed by atoms with Crippen LogP contribution in [-0.4, -0.2) is 36.6 Å². The highest BCUT2D eigenvalue weighted by Crippen LogP contribution is 2.51. The molecule has 0 unspecified atom stereocenters. The maximum Gasteiger partial charge on any atom is 0.135 e. The molecule has 84 heavy (non-hydrogen) atoms. The lowest BCUT2D eigenvalue weighted by molar-refractivity contribution is 0.202. The van der Waals surface area contributed by atoms with Crippen molar-refractivity contribution in [1.29, 1.82) is 0 Å². The van der Waals surface area contributed by atoms with Crippen LogP contribution in [0.15, 0.2) is 285 Å². The van der Waals surface area contributed by atoms with Crippen molar-refractivity contribution >= 4 is 53.9 Å². The number of fused-ring (bicyclic) bond motifs is 5. The Hall–Kier alpha value is -10.1. The van der Waals surface area contributed by atoms with E-state index in [0.29, 0.717) is 11.5 Å². The van der Waals surface area contributed by atoms with E-state index >= 15 is 0 Å². The van der Waals surface area contributed by atoms with Gasteiger partial charge in [-0.05, 0) is 171 Å². The largest absolute Gasteiger partial charge is 0.490 e. The molecule has 0 aliphatic carbocycles. The second kappa shape index (κ2) is 22.3. The molecule has 2 N–H and O–H groups in total. The number of hydrogen-bond donors (Lipinski definition) is 2. The summed E-state index contributed by atoms with van der Waals surface area (Å²) in [5.74, 6) is 1.40. The average molecular weight is 1090 g/mol. The average Bonchev–Trinajstić information content (AvgIpc) is 1.95. The van der Waals surface area contributed by atoms with Gasteiger partial charge in [0.25, 0.3) is 0 Å². The summed E-state index contributed by atoms with van der Waals surface area (Å²) in [6, 6.07) is 103. The molecule has 0 radical (unpaired) electrons. The topological polar surface area (TPSA) is 58.9 Å². The van der Waals surface area contributed by atoms with Crippen LogP contribution in [0.2, 0.25) is 0 Å². The van der Waals surface area contributed by atoms with E-state index in [0.717, 1.165) is 115 Å². The summed E-state index contributed by atoms with van der Waals surface area (Å²) in [7, 11) is 0. The van der Waals surface area contributed by atoms with E-state index < -0.39 is 5.41 Å². The molecule has 0 aliphatic rings. The highest BCUT2D eigenvalue weighted by atomic mass is 16.5. The van der Waals surface area contributed by atoms with Gasteiger partial charge in [0, 0.05) is 27.7 Å². The molecule has 0 aromatic heterocycles. The molecule has 0 heterocycles. The summed E-state index contributed by atoms with van der Waals surface area (Å²) in [4.78, 5) is 0. The number of rotatable bonds is 15. The van der Waals surface area contributed by atoms with E-state index in [1.165, 1.54) is 21.9 Å². The van der Waals surface area contributed by atoms with Gasteiger partial charge >= 0.3 is 0 Å². The third kappa shape index (κ3) is 9.71. The fraction of sp³-hybridized carbons (Fsp3) is 0.0750. The summed E-state index contributed by atoms with van der Waals surface area (Å²) in [6.07, 6.45) is 0. The molecule has 0 saturated heterocycles. The molecule has 4 nitrogen and oxygen atoms in total. The maximum atomic E-state index is 10.5. The first-order chi connectivity index (χ1) is 41.4. The number of aliphatic hydroxyl groups is 2. The molecular weight excluding hydrogens is 1020 g/mol. The van der Waals surface area contributed by atoms with Gasteiger partial charge in [-0.2, -0.15) is 0 Å². The molecular formula is C80H60O4. The van der Waals surface area contributed by atoms with Crippen molar-refractivity contribution in [3.63, 3.8) is 0 Å². The highest BCUT2D eigenvalue weighted by molar-refractivity contribution is 5.98. The van der Waals surface area contributed by atoms with Crippen LogP contribution in [-0.2, 0) is 5.41 Å². The third-order valence-corrected chi connectivity index (χ3v) is 17.0. The lowest BCUT2D eigenvalue weighted by atomic mass is 9.68. The summed E-state index contributed by atoms with van der Waals surface area (Å²) in [6.45, 7) is 2.29. The van der Waals surface area contributed by atoms with Crippen molar-refractivity contribution in [1.82, 2.24) is 0 Å². The molecule has 14 aromatic carbocycles. The zero-order valence-corrected chi connectivity index (χ0v) is 46.7. The lowest BCUT2D eigenvalue weighted by Crippen LogP contribution is -2.26. The number of benzene rings is 14. The molecule has 0 aliphatic heterocycles. The smallest absolute Gasteiger partial charge is 0.135 e. The molecule has 4 heteroatoms. The summed E-state index contributed by atoms with van der Waals surface area (Å²) < 4.78 is 13.7. The number of aliphatic hydroxyl groups excluding tert-OH is 2. The minimum absolute atomic E-state index is 0.113. The maximum absolute atomic E-state index is 10.5. The van der Waals surface area contributed by atoms with Gasteiger partial charge in [0.15, 0.2) is 0 Å². The Balaban J connectivity index is 1.05. The van der Waals surface area contributed by atoms with Crippen LogP contribution in [0.25, 0.3) is 121 Å². The van der Waals surface area contributed by atoms with E-state index in [4.69, 9.17) is 9.47 Å². The van der Waals surface area contributed by atoms with Crippen LogP contribution in [0.1, 0.15) is 23.6 Å². The minimum Gasteiger partial charge on any atom is -0.490 e. The highest BCUT2D eigenvalue weighted by Gasteiger charge is 2.36. The monoisotopic (exact) mass is 1080 g/mol. The summed E-state index contributed by atoms with van der Waals surface area (Å²) >= 11 is 0. The standard InChI is InChI=1S/C80H60O4/c1-80(69-39-37-58(38-40-69)57-25-31-60(32-26-57)73-24-12-22-59-17-10-11-23-72(59)73,70-49-74(65-33-27-53-13-2-6-18-61(53)45-65)78(83-43-41-81)75(50-70)66-34-28-54-14-3-7-19-62(54)46-66)71-51-76(67-35-29-55-15-4-8-20-63(55)47-67)79(84-44-42-82)77(52-71)68-36-30-56-16-5-9-21-64(56)48-68/h2-40,45-52,81-82H,41-44H2,1H3. The predicted molar refractivity (Wildman–Crippen MR) is 350 cm³/mol. The molecule has 0 atom stereocenters. The van der Waals surface area contributed by atoms with Gasteiger partial charge in [0.05, 0.1) is 13.2 Å². The van der Waals surface area contributed by atoms with Gasteiger partial charge < -0.3 is 19.7 Å². The third-order valence-electron chi connectivity index (χ3n) is 17.0. The van der Waals surface area contributed by atoms with Crippen molar-refractivity contribution < 1.29 is 19.7 Å². The zero-order valence-electron chi connectivity index (χ0n) is 46.7. The van der Waals surface area contributed by atoms with Gasteiger partial charge in [-0.3, -0.25) is 0 Å². The first-order valence-electron chi connectivity index (χ1n) is 28.9. The van der Waals surface area contributed by atoms with Crippen LogP contribution >= 0.6 is 0 Å².